The molecule has 0 saturated carbocycles. The minimum Gasteiger partial charge on any atom is -0.481 e. The van der Waals surface area contributed by atoms with Gasteiger partial charge in [0.25, 0.3) is 5.91 Å². The van der Waals surface area contributed by atoms with Gasteiger partial charge >= 0.3 is 0 Å². The van der Waals surface area contributed by atoms with Crippen LogP contribution in [0.2, 0.25) is 0 Å². The van der Waals surface area contributed by atoms with Gasteiger partial charge in [-0.2, -0.15) is 0 Å². The van der Waals surface area contributed by atoms with Crippen LogP contribution in [0.4, 0.5) is 4.39 Å². The van der Waals surface area contributed by atoms with Crippen LogP contribution >= 0.6 is 0 Å². The second-order valence-electron chi connectivity index (χ2n) is 4.81. The molecule has 1 rings (SSSR count). The Morgan fingerprint density at radius 3 is 2.80 bits per heavy atom. The molecule has 0 heterocycles. The topological polar surface area (TPSA) is 41.6 Å². The summed E-state index contributed by atoms with van der Waals surface area (Å²) in [4.78, 5) is 13.8. The number of halogens is 1. The molecule has 1 aromatic rings. The van der Waals surface area contributed by atoms with Crippen LogP contribution in [0.1, 0.15) is 20.3 Å². The van der Waals surface area contributed by atoms with Crippen molar-refractivity contribution >= 4 is 5.91 Å². The molecule has 0 aromatic heterocycles. The molecule has 1 amide bonds. The van der Waals surface area contributed by atoms with Crippen LogP contribution in [0.3, 0.4) is 0 Å². The summed E-state index contributed by atoms with van der Waals surface area (Å²) in [6, 6.07) is 6.53. The molecule has 20 heavy (non-hydrogen) atoms. The van der Waals surface area contributed by atoms with Gasteiger partial charge in [0.2, 0.25) is 0 Å². The van der Waals surface area contributed by atoms with E-state index in [4.69, 9.17) is 4.74 Å². The highest BCUT2D eigenvalue weighted by molar-refractivity contribution is 5.77. The maximum absolute atomic E-state index is 13.3. The monoisotopic (exact) mass is 282 g/mol. The molecule has 0 radical (unpaired) electrons. The predicted octanol–water partition coefficient (Wildman–Crippen LogP) is 2.05. The van der Waals surface area contributed by atoms with E-state index < -0.39 is 5.82 Å². The minimum atomic E-state index is -0.461. The van der Waals surface area contributed by atoms with Gasteiger partial charge in [-0.15, -0.1) is 0 Å². The fourth-order valence-electron chi connectivity index (χ4n) is 1.66. The van der Waals surface area contributed by atoms with Crippen molar-refractivity contribution in [3.05, 3.63) is 30.1 Å². The smallest absolute Gasteiger partial charge is 0.257 e. The second-order valence-corrected chi connectivity index (χ2v) is 4.81. The first-order chi connectivity index (χ1) is 9.54. The van der Waals surface area contributed by atoms with E-state index in [1.165, 1.54) is 12.1 Å². The zero-order chi connectivity index (χ0) is 15.0. The lowest BCUT2D eigenvalue weighted by Crippen LogP contribution is -2.38. The summed E-state index contributed by atoms with van der Waals surface area (Å²) < 4.78 is 18.4. The predicted molar refractivity (Wildman–Crippen MR) is 77.3 cm³/mol. The van der Waals surface area contributed by atoms with Crippen molar-refractivity contribution in [1.29, 1.82) is 0 Å². The number of hydrogen-bond donors (Lipinski definition) is 1. The maximum atomic E-state index is 13.3. The highest BCUT2D eigenvalue weighted by atomic mass is 19.1. The zero-order valence-electron chi connectivity index (χ0n) is 12.4. The number of carbonyl (C=O) groups is 1. The number of ether oxygens (including phenoxy) is 1. The second kappa shape index (κ2) is 8.53. The van der Waals surface area contributed by atoms with Crippen LogP contribution in [0.5, 0.6) is 5.75 Å². The van der Waals surface area contributed by atoms with Gasteiger partial charge in [-0.3, -0.25) is 4.79 Å². The van der Waals surface area contributed by atoms with E-state index in [0.29, 0.717) is 12.6 Å². The van der Waals surface area contributed by atoms with Gasteiger partial charge in [-0.1, -0.05) is 19.1 Å². The molecule has 1 N–H and O–H groups in total. The van der Waals surface area contributed by atoms with Crippen molar-refractivity contribution in [2.45, 2.75) is 26.3 Å². The highest BCUT2D eigenvalue weighted by Crippen LogP contribution is 2.14. The summed E-state index contributed by atoms with van der Waals surface area (Å²) in [5.41, 5.74) is 0. The molecular weight excluding hydrogens is 259 g/mol. The number of amides is 1. The Kier molecular flexibility index (Phi) is 7.01. The molecule has 1 aromatic carbocycles. The Hall–Kier alpha value is -1.62. The highest BCUT2D eigenvalue weighted by Gasteiger charge is 2.08. The van der Waals surface area contributed by atoms with E-state index in [0.717, 1.165) is 13.0 Å². The van der Waals surface area contributed by atoms with Crippen molar-refractivity contribution in [2.24, 2.45) is 0 Å². The minimum absolute atomic E-state index is 0.0966. The Morgan fingerprint density at radius 1 is 1.45 bits per heavy atom. The summed E-state index contributed by atoms with van der Waals surface area (Å²) in [5, 5.41) is 2.75. The average molecular weight is 282 g/mol. The summed E-state index contributed by atoms with van der Waals surface area (Å²) in [6.07, 6.45) is 1.07. The van der Waals surface area contributed by atoms with Gasteiger partial charge in [0, 0.05) is 19.1 Å². The maximum Gasteiger partial charge on any atom is 0.257 e. The summed E-state index contributed by atoms with van der Waals surface area (Å²) in [6.45, 7) is 5.43. The molecule has 4 nitrogen and oxygen atoms in total. The van der Waals surface area contributed by atoms with Crippen LogP contribution in [0.25, 0.3) is 0 Å². The first-order valence-electron chi connectivity index (χ1n) is 6.88. The summed E-state index contributed by atoms with van der Waals surface area (Å²) in [7, 11) is 2.02. The number of rotatable bonds is 8. The molecule has 0 unspecified atom stereocenters. The van der Waals surface area contributed by atoms with E-state index in [1.807, 2.05) is 7.05 Å². The lowest BCUT2D eigenvalue weighted by atomic mass is 10.2. The normalized spacial score (nSPS) is 12.2. The number of benzene rings is 1. The molecule has 0 aliphatic rings. The van der Waals surface area contributed by atoms with Gasteiger partial charge in [-0.25, -0.2) is 4.39 Å². The molecular formula is C15H23FN2O2. The Bertz CT molecular complexity index is 426. The number of para-hydroxylation sites is 1. The first-order valence-corrected chi connectivity index (χ1v) is 6.88. The molecule has 0 bridgehead atoms. The Balaban J connectivity index is 2.23. The largest absolute Gasteiger partial charge is 0.481 e. The number of nitrogens with zero attached hydrogens (tertiary/aromatic N) is 1. The van der Waals surface area contributed by atoms with Crippen LogP contribution in [-0.4, -0.2) is 43.6 Å². The number of likely N-dealkylation sites (N-methyl/N-ethyl adjacent to an activating group) is 1. The third-order valence-electron chi connectivity index (χ3n) is 3.33. The fraction of sp³-hybridized carbons (Fsp3) is 0.533. The molecule has 1 atom stereocenters. The SMILES string of the molecule is CC[C@@H](C)N(C)CCNC(=O)COc1ccccc1F. The van der Waals surface area contributed by atoms with E-state index in [1.54, 1.807) is 12.1 Å². The lowest BCUT2D eigenvalue weighted by molar-refractivity contribution is -0.123. The number of hydrogen-bond acceptors (Lipinski definition) is 3. The Labute approximate surface area is 119 Å². The standard InChI is InChI=1S/C15H23FN2O2/c1-4-12(2)18(3)10-9-17-15(19)11-20-14-8-6-5-7-13(14)16/h5-8,12H,4,9-11H2,1-3H3,(H,17,19)/t12-/m1/s1. The molecule has 0 aliphatic carbocycles. The van der Waals surface area contributed by atoms with Crippen molar-refractivity contribution in [1.82, 2.24) is 10.2 Å². The van der Waals surface area contributed by atoms with Crippen molar-refractivity contribution in [3.63, 3.8) is 0 Å². The molecule has 5 heteroatoms. The van der Waals surface area contributed by atoms with Gasteiger partial charge in [0.05, 0.1) is 0 Å². The van der Waals surface area contributed by atoms with Crippen LogP contribution < -0.4 is 10.1 Å². The molecule has 0 saturated heterocycles. The van der Waals surface area contributed by atoms with Crippen molar-refractivity contribution in [2.75, 3.05) is 26.7 Å². The zero-order valence-corrected chi connectivity index (χ0v) is 12.4. The van der Waals surface area contributed by atoms with E-state index in [-0.39, 0.29) is 18.3 Å². The fourth-order valence-corrected chi connectivity index (χ4v) is 1.66. The van der Waals surface area contributed by atoms with Crippen molar-refractivity contribution in [3.8, 4) is 5.75 Å². The van der Waals surface area contributed by atoms with Gasteiger partial charge in [-0.05, 0) is 32.5 Å². The van der Waals surface area contributed by atoms with E-state index in [2.05, 4.69) is 24.1 Å². The number of carbonyl (C=O) groups excluding carboxylic acids is 1. The number of nitrogens with one attached hydrogen (secondary N) is 1. The van der Waals surface area contributed by atoms with Gasteiger partial charge in [0.15, 0.2) is 18.2 Å². The molecule has 112 valence electrons. The third kappa shape index (κ3) is 5.57. The first kappa shape index (κ1) is 16.4. The van der Waals surface area contributed by atoms with Crippen LogP contribution in [-0.2, 0) is 4.79 Å². The molecule has 0 aliphatic heterocycles. The quantitative estimate of drug-likeness (QED) is 0.793. The molecule has 0 spiro atoms. The van der Waals surface area contributed by atoms with Crippen LogP contribution in [0.15, 0.2) is 24.3 Å². The van der Waals surface area contributed by atoms with Gasteiger partial charge < -0.3 is 15.0 Å². The average Bonchev–Trinajstić information content (AvgIpc) is 2.45. The summed E-state index contributed by atoms with van der Waals surface area (Å²) in [5.74, 6) is -0.609. The summed E-state index contributed by atoms with van der Waals surface area (Å²) >= 11 is 0. The third-order valence-corrected chi connectivity index (χ3v) is 3.33. The Morgan fingerprint density at radius 2 is 2.15 bits per heavy atom. The van der Waals surface area contributed by atoms with E-state index >= 15 is 0 Å². The van der Waals surface area contributed by atoms with Gasteiger partial charge in [0.1, 0.15) is 0 Å². The lowest BCUT2D eigenvalue weighted by Gasteiger charge is -2.23. The molecule has 0 fully saturated rings. The van der Waals surface area contributed by atoms with Crippen LogP contribution in [0, 0.1) is 5.82 Å². The van der Waals surface area contributed by atoms with E-state index in [9.17, 15) is 9.18 Å². The van der Waals surface area contributed by atoms with Crippen molar-refractivity contribution < 1.29 is 13.9 Å².